The number of unbranched alkanes of at least 4 members (excludes halogenated alkanes) is 1. The summed E-state index contributed by atoms with van der Waals surface area (Å²) in [6.45, 7) is 6.25. The highest BCUT2D eigenvalue weighted by Gasteiger charge is 2.19. The van der Waals surface area contributed by atoms with Crippen LogP contribution in [0.15, 0.2) is 47.8 Å². The van der Waals surface area contributed by atoms with Crippen molar-refractivity contribution >= 4 is 44.9 Å². The van der Waals surface area contributed by atoms with Gasteiger partial charge in [-0.15, -0.1) is 11.3 Å². The fraction of sp³-hybridized carbons (Fsp3) is 0.385. The van der Waals surface area contributed by atoms with Crippen molar-refractivity contribution in [1.82, 2.24) is 4.90 Å². The van der Waals surface area contributed by atoms with Crippen molar-refractivity contribution in [2.75, 3.05) is 49.5 Å². The summed E-state index contributed by atoms with van der Waals surface area (Å²) in [6.07, 6.45) is 1.74. The Balaban J connectivity index is 0.000000672. The minimum absolute atomic E-state index is 0.0942. The van der Waals surface area contributed by atoms with Crippen molar-refractivity contribution in [2.45, 2.75) is 25.7 Å². The third kappa shape index (κ3) is 6.86. The molecule has 2 aliphatic rings. The molecule has 0 spiro atoms. The maximum atomic E-state index is 11.6. The lowest BCUT2D eigenvalue weighted by atomic mass is 10.0. The van der Waals surface area contributed by atoms with Crippen LogP contribution in [-0.4, -0.2) is 66.5 Å². The number of anilines is 2. The predicted octanol–water partition coefficient (Wildman–Crippen LogP) is 4.99. The minimum atomic E-state index is -1.83. The molecule has 2 aliphatic heterocycles. The number of carboxylic acid groups (broad SMARTS) is 2. The minimum Gasteiger partial charge on any atom is -0.494 e. The second-order valence-electron chi connectivity index (χ2n) is 8.64. The molecule has 8 nitrogen and oxygen atoms in total. The number of amides is 1. The third-order valence-corrected chi connectivity index (χ3v) is 7.18. The molecule has 9 heteroatoms. The molecule has 3 heterocycles. The molecule has 0 aliphatic carbocycles. The van der Waals surface area contributed by atoms with Crippen molar-refractivity contribution in [3.8, 4) is 5.75 Å². The van der Waals surface area contributed by atoms with Crippen molar-refractivity contribution in [2.24, 2.45) is 0 Å². The van der Waals surface area contributed by atoms with Gasteiger partial charge >= 0.3 is 6.16 Å². The van der Waals surface area contributed by atoms with Gasteiger partial charge in [-0.25, -0.2) is 4.79 Å². The summed E-state index contributed by atoms with van der Waals surface area (Å²) in [5, 5.41) is 20.5. The van der Waals surface area contributed by atoms with Crippen LogP contribution in [0.2, 0.25) is 0 Å². The summed E-state index contributed by atoms with van der Waals surface area (Å²) in [5.74, 6) is 0.939. The Bertz CT molecular complexity index is 1150. The summed E-state index contributed by atoms with van der Waals surface area (Å²) in [6, 6.07) is 14.9. The first kappa shape index (κ1) is 24.8. The smallest absolute Gasteiger partial charge is 0.494 e. The van der Waals surface area contributed by atoms with Crippen LogP contribution in [0.5, 0.6) is 5.75 Å². The first-order chi connectivity index (χ1) is 17.0. The molecule has 5 rings (SSSR count). The van der Waals surface area contributed by atoms with E-state index in [1.165, 1.54) is 21.3 Å². The molecule has 1 fully saturated rings. The number of carbonyl (C=O) groups excluding carboxylic acids is 1. The van der Waals surface area contributed by atoms with Gasteiger partial charge in [0.1, 0.15) is 5.75 Å². The van der Waals surface area contributed by atoms with Gasteiger partial charge in [0.05, 0.1) is 6.61 Å². The standard InChI is InChI=1S/C25H29N3O2S.CH2O3/c29-25-9-7-19-6-8-20(18-22(19)26-25)30-16-2-1-11-27-12-14-28(15-13-27)23-4-3-5-24-21(23)10-17-31-24;2-1(3)4/h3-6,8,10,17-18H,1-2,7,9,11-16H2,(H,26,29);(H2,2,3,4). The van der Waals surface area contributed by atoms with E-state index in [9.17, 15) is 4.79 Å². The van der Waals surface area contributed by atoms with Gasteiger partial charge in [0.15, 0.2) is 0 Å². The molecule has 35 heavy (non-hydrogen) atoms. The Morgan fingerprint density at radius 3 is 2.63 bits per heavy atom. The Kier molecular flexibility index (Phi) is 8.44. The topological polar surface area (TPSA) is 102 Å². The van der Waals surface area contributed by atoms with E-state index in [0.717, 1.165) is 63.4 Å². The van der Waals surface area contributed by atoms with E-state index in [0.29, 0.717) is 13.0 Å². The molecule has 3 N–H and O–H groups in total. The molecular weight excluding hydrogens is 466 g/mol. The highest BCUT2D eigenvalue weighted by molar-refractivity contribution is 7.17. The zero-order valence-corrected chi connectivity index (χ0v) is 20.4. The van der Waals surface area contributed by atoms with Crippen LogP contribution in [0.1, 0.15) is 24.8 Å². The average molecular weight is 498 g/mol. The number of carbonyl (C=O) groups is 2. The number of aryl methyl sites for hydroxylation is 1. The van der Waals surface area contributed by atoms with Crippen LogP contribution in [0.25, 0.3) is 10.1 Å². The number of hydrogen-bond acceptors (Lipinski definition) is 6. The summed E-state index contributed by atoms with van der Waals surface area (Å²) in [5.41, 5.74) is 3.49. The van der Waals surface area contributed by atoms with E-state index < -0.39 is 6.16 Å². The molecular formula is C26H31N3O5S. The van der Waals surface area contributed by atoms with Gasteiger partial charge in [-0.05, 0) is 61.0 Å². The van der Waals surface area contributed by atoms with E-state index in [-0.39, 0.29) is 5.91 Å². The van der Waals surface area contributed by atoms with Crippen molar-refractivity contribution in [3.05, 3.63) is 53.4 Å². The molecule has 1 aromatic heterocycles. The molecule has 0 saturated carbocycles. The van der Waals surface area contributed by atoms with Crippen molar-refractivity contribution < 1.29 is 24.5 Å². The number of thiophene rings is 1. The molecule has 2 aromatic carbocycles. The normalized spacial score (nSPS) is 15.7. The van der Waals surface area contributed by atoms with E-state index in [1.807, 2.05) is 23.5 Å². The number of rotatable bonds is 7. The fourth-order valence-corrected chi connectivity index (χ4v) is 5.34. The van der Waals surface area contributed by atoms with Gasteiger partial charge in [-0.3, -0.25) is 9.69 Å². The van der Waals surface area contributed by atoms with Gasteiger partial charge in [0.2, 0.25) is 5.91 Å². The lowest BCUT2D eigenvalue weighted by Crippen LogP contribution is -2.46. The predicted molar refractivity (Wildman–Crippen MR) is 139 cm³/mol. The van der Waals surface area contributed by atoms with Crippen LogP contribution < -0.4 is 15.0 Å². The number of nitrogens with one attached hydrogen (secondary N) is 1. The second kappa shape index (κ2) is 11.9. The lowest BCUT2D eigenvalue weighted by molar-refractivity contribution is -0.116. The summed E-state index contributed by atoms with van der Waals surface area (Å²) >= 11 is 1.82. The van der Waals surface area contributed by atoms with Gasteiger partial charge < -0.3 is 25.2 Å². The lowest BCUT2D eigenvalue weighted by Gasteiger charge is -2.36. The molecule has 1 amide bonds. The Morgan fingerprint density at radius 1 is 1.03 bits per heavy atom. The third-order valence-electron chi connectivity index (χ3n) is 6.30. The maximum Gasteiger partial charge on any atom is 0.503 e. The van der Waals surface area contributed by atoms with Crippen LogP contribution in [-0.2, 0) is 11.2 Å². The monoisotopic (exact) mass is 497 g/mol. The largest absolute Gasteiger partial charge is 0.503 e. The van der Waals surface area contributed by atoms with Crippen molar-refractivity contribution in [1.29, 1.82) is 0 Å². The van der Waals surface area contributed by atoms with Gasteiger partial charge in [-0.2, -0.15) is 0 Å². The van der Waals surface area contributed by atoms with Crippen LogP contribution in [0, 0.1) is 0 Å². The second-order valence-corrected chi connectivity index (χ2v) is 9.59. The average Bonchev–Trinajstić information content (AvgIpc) is 3.33. The van der Waals surface area contributed by atoms with E-state index in [4.69, 9.17) is 19.7 Å². The van der Waals surface area contributed by atoms with Gasteiger partial charge in [0, 0.05) is 60.1 Å². The molecule has 0 bridgehead atoms. The van der Waals surface area contributed by atoms with E-state index >= 15 is 0 Å². The molecule has 3 aromatic rings. The Morgan fingerprint density at radius 2 is 1.83 bits per heavy atom. The maximum absolute atomic E-state index is 11.6. The number of piperazine rings is 1. The highest BCUT2D eigenvalue weighted by Crippen LogP contribution is 2.31. The van der Waals surface area contributed by atoms with Gasteiger partial charge in [-0.1, -0.05) is 12.1 Å². The summed E-state index contributed by atoms with van der Waals surface area (Å²) < 4.78 is 7.30. The highest BCUT2D eigenvalue weighted by atomic mass is 32.1. The zero-order valence-electron chi connectivity index (χ0n) is 19.6. The summed E-state index contributed by atoms with van der Waals surface area (Å²) in [4.78, 5) is 25.2. The van der Waals surface area contributed by atoms with Crippen LogP contribution >= 0.6 is 11.3 Å². The molecule has 0 atom stereocenters. The first-order valence-electron chi connectivity index (χ1n) is 11.9. The molecule has 186 valence electrons. The molecule has 1 saturated heterocycles. The van der Waals surface area contributed by atoms with Crippen molar-refractivity contribution in [3.63, 3.8) is 0 Å². The number of benzene rings is 2. The van der Waals surface area contributed by atoms with E-state index in [1.54, 1.807) is 0 Å². The SMILES string of the molecule is O=C(O)O.O=C1CCc2ccc(OCCCCN3CCN(c4cccc5sccc45)CC3)cc2N1. The first-order valence-corrected chi connectivity index (χ1v) is 12.8. The number of nitrogens with zero attached hydrogens (tertiary/aromatic N) is 2. The Labute approximate surface area is 208 Å². The number of fused-ring (bicyclic) bond motifs is 2. The van der Waals surface area contributed by atoms with Gasteiger partial charge in [0.25, 0.3) is 0 Å². The summed E-state index contributed by atoms with van der Waals surface area (Å²) in [7, 11) is 0. The van der Waals surface area contributed by atoms with E-state index in [2.05, 4.69) is 50.8 Å². The van der Waals surface area contributed by atoms with Crippen LogP contribution in [0.3, 0.4) is 0 Å². The Hall–Kier alpha value is -3.30. The molecule has 0 unspecified atom stereocenters. The number of ether oxygens (including phenoxy) is 1. The molecule has 0 radical (unpaired) electrons. The fourth-order valence-electron chi connectivity index (χ4n) is 4.53. The number of hydrogen-bond donors (Lipinski definition) is 3. The van der Waals surface area contributed by atoms with Crippen LogP contribution in [0.4, 0.5) is 16.2 Å². The zero-order chi connectivity index (χ0) is 24.6. The quantitative estimate of drug-likeness (QED) is 0.395.